The van der Waals surface area contributed by atoms with Gasteiger partial charge in [-0.25, -0.2) is 0 Å². The van der Waals surface area contributed by atoms with Gasteiger partial charge in [0.25, 0.3) is 11.8 Å². The molecule has 0 N–H and O–H groups in total. The van der Waals surface area contributed by atoms with Crippen LogP contribution in [0, 0.1) is 0 Å². The topological polar surface area (TPSA) is 37.4 Å². The van der Waals surface area contributed by atoms with E-state index in [1.54, 1.807) is 0 Å². The van der Waals surface area contributed by atoms with Gasteiger partial charge in [-0.2, -0.15) is 11.8 Å². The van der Waals surface area contributed by atoms with Gasteiger partial charge in [0.15, 0.2) is 0 Å². The van der Waals surface area contributed by atoms with Crippen molar-refractivity contribution in [3.63, 3.8) is 0 Å². The predicted molar refractivity (Wildman–Crippen MR) is 60.6 cm³/mol. The molecule has 3 nitrogen and oxygen atoms in total. The Bertz CT molecular complexity index is 296. The lowest BCUT2D eigenvalue weighted by Gasteiger charge is -2.21. The van der Waals surface area contributed by atoms with E-state index in [0.717, 1.165) is 25.0 Å². The number of hydrogen-bond acceptors (Lipinski definition) is 3. The van der Waals surface area contributed by atoms with E-state index in [0.29, 0.717) is 5.25 Å². The van der Waals surface area contributed by atoms with Crippen LogP contribution in [0.25, 0.3) is 0 Å². The average Bonchev–Trinajstić information content (AvgIpc) is 2.75. The van der Waals surface area contributed by atoms with Crippen LogP contribution in [0.4, 0.5) is 0 Å². The molecule has 2 atom stereocenters. The van der Waals surface area contributed by atoms with E-state index in [1.165, 1.54) is 17.1 Å². The third-order valence-corrected chi connectivity index (χ3v) is 4.20. The minimum atomic E-state index is -0.132. The van der Waals surface area contributed by atoms with Crippen molar-refractivity contribution < 1.29 is 9.59 Å². The second-order valence-electron chi connectivity index (χ2n) is 3.92. The minimum absolute atomic E-state index is 0.132. The summed E-state index contributed by atoms with van der Waals surface area (Å²) in [4.78, 5) is 24.3. The van der Waals surface area contributed by atoms with Gasteiger partial charge in [-0.1, -0.05) is 6.92 Å². The maximum absolute atomic E-state index is 11.4. The average molecular weight is 225 g/mol. The first-order chi connectivity index (χ1) is 7.22. The van der Waals surface area contributed by atoms with Gasteiger partial charge in [0, 0.05) is 23.4 Å². The summed E-state index contributed by atoms with van der Waals surface area (Å²) in [5.74, 6) is 0.844. The molecule has 0 aromatic heterocycles. The summed E-state index contributed by atoms with van der Waals surface area (Å²) in [6, 6.07) is 0.143. The van der Waals surface area contributed by atoms with Gasteiger partial charge >= 0.3 is 0 Å². The Morgan fingerprint density at radius 3 is 2.60 bits per heavy atom. The van der Waals surface area contributed by atoms with Crippen molar-refractivity contribution in [1.29, 1.82) is 0 Å². The molecule has 15 heavy (non-hydrogen) atoms. The first-order valence-corrected chi connectivity index (χ1v) is 6.44. The van der Waals surface area contributed by atoms with Crippen LogP contribution in [0.1, 0.15) is 26.2 Å². The summed E-state index contributed by atoms with van der Waals surface area (Å²) in [5.41, 5.74) is 0. The van der Waals surface area contributed by atoms with E-state index >= 15 is 0 Å². The van der Waals surface area contributed by atoms with E-state index in [4.69, 9.17) is 0 Å². The number of imide groups is 1. The SMILES string of the molecule is CCSC1CCC(N2C(=O)C=CC2=O)C1. The number of hydrogen-bond donors (Lipinski definition) is 0. The lowest BCUT2D eigenvalue weighted by molar-refractivity contribution is -0.139. The van der Waals surface area contributed by atoms with Crippen molar-refractivity contribution in [3.05, 3.63) is 12.2 Å². The predicted octanol–water partition coefficient (Wildman–Crippen LogP) is 1.59. The highest BCUT2D eigenvalue weighted by Crippen LogP contribution is 2.33. The van der Waals surface area contributed by atoms with Crippen molar-refractivity contribution in [2.24, 2.45) is 0 Å². The van der Waals surface area contributed by atoms with E-state index in [-0.39, 0.29) is 17.9 Å². The van der Waals surface area contributed by atoms with Crippen LogP contribution in [0.15, 0.2) is 12.2 Å². The van der Waals surface area contributed by atoms with Crippen LogP contribution in [0.5, 0.6) is 0 Å². The van der Waals surface area contributed by atoms with Gasteiger partial charge in [-0.3, -0.25) is 14.5 Å². The smallest absolute Gasteiger partial charge is 0.253 e. The third-order valence-electron chi connectivity index (χ3n) is 2.97. The molecule has 4 heteroatoms. The fourth-order valence-corrected chi connectivity index (χ4v) is 3.44. The monoisotopic (exact) mass is 225 g/mol. The van der Waals surface area contributed by atoms with Crippen LogP contribution in [-0.2, 0) is 9.59 Å². The first kappa shape index (κ1) is 10.7. The Morgan fingerprint density at radius 2 is 2.00 bits per heavy atom. The molecular formula is C11H15NO2S. The van der Waals surface area contributed by atoms with E-state index in [2.05, 4.69) is 6.92 Å². The Morgan fingerprint density at radius 1 is 1.33 bits per heavy atom. The molecule has 82 valence electrons. The molecule has 1 saturated carbocycles. The van der Waals surface area contributed by atoms with Crippen LogP contribution in [-0.4, -0.2) is 33.8 Å². The molecule has 2 rings (SSSR count). The Hall–Kier alpha value is -0.770. The standard InChI is InChI=1S/C11H15NO2S/c1-2-15-9-4-3-8(7-9)12-10(13)5-6-11(12)14/h5-6,8-9H,2-4,7H2,1H3. The molecule has 0 radical (unpaired) electrons. The molecule has 0 aromatic carbocycles. The van der Waals surface area contributed by atoms with E-state index < -0.39 is 0 Å². The largest absolute Gasteiger partial charge is 0.272 e. The highest BCUT2D eigenvalue weighted by atomic mass is 32.2. The summed E-state index contributed by atoms with van der Waals surface area (Å²) in [7, 11) is 0. The molecule has 0 aromatic rings. The van der Waals surface area contributed by atoms with Gasteiger partial charge in [0.05, 0.1) is 0 Å². The van der Waals surface area contributed by atoms with Gasteiger partial charge in [0.2, 0.25) is 0 Å². The number of nitrogens with zero attached hydrogens (tertiary/aromatic N) is 1. The molecule has 2 amide bonds. The van der Waals surface area contributed by atoms with Gasteiger partial charge in [0.1, 0.15) is 0 Å². The van der Waals surface area contributed by atoms with Crippen LogP contribution in [0.3, 0.4) is 0 Å². The highest BCUT2D eigenvalue weighted by Gasteiger charge is 2.36. The number of carbonyl (C=O) groups excluding carboxylic acids is 2. The van der Waals surface area contributed by atoms with Crippen molar-refractivity contribution in [1.82, 2.24) is 4.90 Å². The summed E-state index contributed by atoms with van der Waals surface area (Å²) >= 11 is 1.93. The van der Waals surface area contributed by atoms with Crippen LogP contribution < -0.4 is 0 Å². The number of thioether (sulfide) groups is 1. The Kier molecular flexibility index (Phi) is 3.14. The minimum Gasteiger partial charge on any atom is -0.272 e. The molecule has 0 saturated heterocycles. The second kappa shape index (κ2) is 4.39. The zero-order valence-corrected chi connectivity index (χ0v) is 9.63. The molecule has 1 aliphatic heterocycles. The number of amides is 2. The molecule has 1 fully saturated rings. The highest BCUT2D eigenvalue weighted by molar-refractivity contribution is 7.99. The van der Waals surface area contributed by atoms with Crippen LogP contribution >= 0.6 is 11.8 Å². The molecule has 1 heterocycles. The molecule has 1 aliphatic carbocycles. The lowest BCUT2D eigenvalue weighted by atomic mass is 10.2. The zero-order valence-electron chi connectivity index (χ0n) is 8.81. The fraction of sp³-hybridized carbons (Fsp3) is 0.636. The van der Waals surface area contributed by atoms with Crippen molar-refractivity contribution in [3.8, 4) is 0 Å². The van der Waals surface area contributed by atoms with Gasteiger partial charge in [-0.05, 0) is 25.0 Å². The maximum atomic E-state index is 11.4. The molecule has 0 spiro atoms. The van der Waals surface area contributed by atoms with Gasteiger partial charge < -0.3 is 0 Å². The summed E-state index contributed by atoms with van der Waals surface area (Å²) < 4.78 is 0. The second-order valence-corrected chi connectivity index (χ2v) is 5.50. The first-order valence-electron chi connectivity index (χ1n) is 5.39. The zero-order chi connectivity index (χ0) is 10.8. The van der Waals surface area contributed by atoms with Crippen molar-refractivity contribution in [2.75, 3.05) is 5.75 Å². The van der Waals surface area contributed by atoms with Crippen LogP contribution in [0.2, 0.25) is 0 Å². The summed E-state index contributed by atoms with van der Waals surface area (Å²) in [6.07, 6.45) is 5.82. The van der Waals surface area contributed by atoms with Gasteiger partial charge in [-0.15, -0.1) is 0 Å². The van der Waals surface area contributed by atoms with Crippen molar-refractivity contribution in [2.45, 2.75) is 37.5 Å². The molecule has 2 aliphatic rings. The molecule has 2 unspecified atom stereocenters. The lowest BCUT2D eigenvalue weighted by Crippen LogP contribution is -2.38. The molecular weight excluding hydrogens is 210 g/mol. The number of carbonyl (C=O) groups is 2. The molecule has 0 bridgehead atoms. The number of rotatable bonds is 3. The van der Waals surface area contributed by atoms with E-state index in [1.807, 2.05) is 11.8 Å². The summed E-state index contributed by atoms with van der Waals surface area (Å²) in [5, 5.41) is 0.626. The quantitative estimate of drug-likeness (QED) is 0.684. The third kappa shape index (κ3) is 2.09. The Labute approximate surface area is 93.9 Å². The normalized spacial score (nSPS) is 30.6. The summed E-state index contributed by atoms with van der Waals surface area (Å²) in [6.45, 7) is 2.14. The fourth-order valence-electron chi connectivity index (χ4n) is 2.31. The van der Waals surface area contributed by atoms with Crippen molar-refractivity contribution >= 4 is 23.6 Å². The Balaban J connectivity index is 1.96. The maximum Gasteiger partial charge on any atom is 0.253 e. The van der Waals surface area contributed by atoms with E-state index in [9.17, 15) is 9.59 Å².